The van der Waals surface area contributed by atoms with Crippen molar-refractivity contribution < 1.29 is 56.8 Å². The molecule has 2 aromatic rings. The van der Waals surface area contributed by atoms with Crippen molar-refractivity contribution in [3.63, 3.8) is 0 Å². The van der Waals surface area contributed by atoms with Crippen LogP contribution in [0.4, 0.5) is 0 Å². The standard InChI is InChI=1S/C29H34O12/c1-15(30)37-19-7-10-27(5,34)29-22(39-24(32)17-8-11-35-13-17)20(26(3,4)41-29)21(38-16(2)31)23(28(19,29)6)40-25(33)18-9-12-36-14-18/h8-9,11-14,19-23,34H,7,10H2,1-6H3/t19-,20+,21?,22-,23-,27-,28-,29-/m0/s1. The minimum Gasteiger partial charge on any atom is -0.472 e. The SMILES string of the molecule is CC(=O)OC1[C@@H]2[C@H](OC(=O)c3ccoc3)[C@@]3(OC2(C)C)[C@@](C)([C@@H](OC(C)=O)CC[C@]3(C)O)[C@H]1OC(=O)c1ccoc1. The van der Waals surface area contributed by atoms with Crippen molar-refractivity contribution in [2.24, 2.45) is 11.3 Å². The van der Waals surface area contributed by atoms with Crippen LogP contribution in [-0.2, 0) is 33.3 Å². The molecule has 3 aliphatic rings. The summed E-state index contributed by atoms with van der Waals surface area (Å²) in [4.78, 5) is 51.7. The Kier molecular flexibility index (Phi) is 6.85. The van der Waals surface area contributed by atoms with Crippen molar-refractivity contribution in [3.8, 4) is 0 Å². The van der Waals surface area contributed by atoms with Crippen LogP contribution in [0.1, 0.15) is 75.1 Å². The molecule has 5 rings (SSSR count). The molecule has 2 aliphatic carbocycles. The number of fused-ring (bicyclic) bond motifs is 1. The van der Waals surface area contributed by atoms with Crippen LogP contribution in [0.25, 0.3) is 0 Å². The molecule has 222 valence electrons. The normalized spacial score (nSPS) is 37.0. The van der Waals surface area contributed by atoms with Crippen molar-refractivity contribution in [2.45, 2.75) is 95.6 Å². The smallest absolute Gasteiger partial charge is 0.341 e. The van der Waals surface area contributed by atoms with Crippen LogP contribution in [0.5, 0.6) is 0 Å². The fraction of sp³-hybridized carbons (Fsp3) is 0.586. The molecule has 2 bridgehead atoms. The zero-order chi connectivity index (χ0) is 30.0. The molecule has 0 aromatic carbocycles. The third-order valence-electron chi connectivity index (χ3n) is 8.95. The molecular formula is C29H34O12. The molecule has 0 radical (unpaired) electrons. The molecule has 3 heterocycles. The predicted octanol–water partition coefficient (Wildman–Crippen LogP) is 3.22. The number of rotatable bonds is 6. The first-order valence-corrected chi connectivity index (χ1v) is 13.4. The molecule has 1 unspecified atom stereocenters. The first-order valence-electron chi connectivity index (χ1n) is 13.4. The van der Waals surface area contributed by atoms with Crippen molar-refractivity contribution in [3.05, 3.63) is 48.3 Å². The molecule has 1 saturated heterocycles. The van der Waals surface area contributed by atoms with Crippen LogP contribution in [0.2, 0.25) is 0 Å². The Balaban J connectivity index is 1.75. The average Bonchev–Trinajstić information content (AvgIpc) is 3.62. The van der Waals surface area contributed by atoms with E-state index in [0.717, 1.165) is 0 Å². The van der Waals surface area contributed by atoms with Gasteiger partial charge in [0.15, 0.2) is 6.10 Å². The Morgan fingerprint density at radius 1 is 0.829 bits per heavy atom. The number of aliphatic hydroxyl groups is 1. The monoisotopic (exact) mass is 574 g/mol. The molecule has 12 heteroatoms. The van der Waals surface area contributed by atoms with Gasteiger partial charge in [-0.15, -0.1) is 0 Å². The van der Waals surface area contributed by atoms with E-state index < -0.39 is 76.4 Å². The van der Waals surface area contributed by atoms with Gasteiger partial charge in [-0.3, -0.25) is 9.59 Å². The first-order chi connectivity index (χ1) is 19.2. The summed E-state index contributed by atoms with van der Waals surface area (Å²) in [5.74, 6) is -3.80. The highest BCUT2D eigenvalue weighted by Crippen LogP contribution is 2.69. The van der Waals surface area contributed by atoms with E-state index in [1.807, 2.05) is 0 Å². The largest absolute Gasteiger partial charge is 0.472 e. The van der Waals surface area contributed by atoms with Crippen LogP contribution in [-0.4, -0.2) is 70.2 Å². The fourth-order valence-electron chi connectivity index (χ4n) is 7.38. The van der Waals surface area contributed by atoms with E-state index >= 15 is 0 Å². The molecule has 2 saturated carbocycles. The van der Waals surface area contributed by atoms with Gasteiger partial charge in [0.25, 0.3) is 0 Å². The minimum atomic E-state index is -1.80. The van der Waals surface area contributed by atoms with Gasteiger partial charge in [-0.1, -0.05) is 0 Å². The van der Waals surface area contributed by atoms with E-state index in [1.54, 1.807) is 27.7 Å². The van der Waals surface area contributed by atoms with E-state index in [-0.39, 0.29) is 24.0 Å². The number of carbonyl (C=O) groups is 4. The molecular weight excluding hydrogens is 540 g/mol. The van der Waals surface area contributed by atoms with E-state index in [4.69, 9.17) is 32.5 Å². The molecule has 3 fully saturated rings. The highest BCUT2D eigenvalue weighted by molar-refractivity contribution is 5.90. The maximum absolute atomic E-state index is 13.4. The number of furan rings is 2. The van der Waals surface area contributed by atoms with Gasteiger partial charge in [-0.25, -0.2) is 9.59 Å². The zero-order valence-electron chi connectivity index (χ0n) is 23.7. The van der Waals surface area contributed by atoms with Crippen molar-refractivity contribution in [2.75, 3.05) is 0 Å². The van der Waals surface area contributed by atoms with Crippen molar-refractivity contribution in [1.82, 2.24) is 0 Å². The summed E-state index contributed by atoms with van der Waals surface area (Å²) in [7, 11) is 0. The molecule has 8 atom stereocenters. The van der Waals surface area contributed by atoms with Crippen LogP contribution < -0.4 is 0 Å². The Labute approximate surface area is 236 Å². The second kappa shape index (κ2) is 9.73. The Hall–Kier alpha value is -3.64. The molecule has 2 aromatic heterocycles. The van der Waals surface area contributed by atoms with Gasteiger partial charge in [0, 0.05) is 13.8 Å². The molecule has 0 amide bonds. The molecule has 1 spiro atoms. The number of ether oxygens (including phenoxy) is 5. The maximum Gasteiger partial charge on any atom is 0.341 e. The summed E-state index contributed by atoms with van der Waals surface area (Å²) < 4.78 is 40.8. The number of hydrogen-bond donors (Lipinski definition) is 1. The predicted molar refractivity (Wildman–Crippen MR) is 136 cm³/mol. The summed E-state index contributed by atoms with van der Waals surface area (Å²) in [6, 6.07) is 2.84. The topological polar surface area (TPSA) is 161 Å². The van der Waals surface area contributed by atoms with Crippen LogP contribution >= 0.6 is 0 Å². The summed E-state index contributed by atoms with van der Waals surface area (Å²) in [5.41, 5.74) is -6.11. The second-order valence-corrected chi connectivity index (χ2v) is 11.9. The lowest BCUT2D eigenvalue weighted by atomic mass is 9.47. The summed E-state index contributed by atoms with van der Waals surface area (Å²) in [6.07, 6.45) is 0.460. The first kappa shape index (κ1) is 28.9. The van der Waals surface area contributed by atoms with Gasteiger partial charge < -0.3 is 37.6 Å². The maximum atomic E-state index is 13.4. The van der Waals surface area contributed by atoms with Gasteiger partial charge in [0.1, 0.15) is 36.4 Å². The lowest BCUT2D eigenvalue weighted by Crippen LogP contribution is -2.81. The van der Waals surface area contributed by atoms with Gasteiger partial charge in [0.2, 0.25) is 0 Å². The van der Waals surface area contributed by atoms with E-state index in [0.29, 0.717) is 0 Å². The van der Waals surface area contributed by atoms with E-state index in [1.165, 1.54) is 51.0 Å². The highest BCUT2D eigenvalue weighted by Gasteiger charge is 2.85. The van der Waals surface area contributed by atoms with Crippen molar-refractivity contribution in [1.29, 1.82) is 0 Å². The minimum absolute atomic E-state index is 0.0870. The van der Waals surface area contributed by atoms with Gasteiger partial charge in [-0.2, -0.15) is 0 Å². The molecule has 1 N–H and O–H groups in total. The molecule has 1 aliphatic heterocycles. The highest BCUT2D eigenvalue weighted by atomic mass is 16.6. The van der Waals surface area contributed by atoms with Gasteiger partial charge >= 0.3 is 23.9 Å². The Morgan fingerprint density at radius 3 is 1.85 bits per heavy atom. The third-order valence-corrected chi connectivity index (χ3v) is 8.95. The zero-order valence-corrected chi connectivity index (χ0v) is 23.7. The van der Waals surface area contributed by atoms with E-state index in [2.05, 4.69) is 0 Å². The molecule has 12 nitrogen and oxygen atoms in total. The summed E-state index contributed by atoms with van der Waals surface area (Å²) in [6.45, 7) is 9.05. The van der Waals surface area contributed by atoms with Gasteiger partial charge in [-0.05, 0) is 52.7 Å². The quantitative estimate of drug-likeness (QED) is 0.397. The average molecular weight is 575 g/mol. The number of hydrogen-bond acceptors (Lipinski definition) is 12. The lowest BCUT2D eigenvalue weighted by molar-refractivity contribution is -0.335. The van der Waals surface area contributed by atoms with Crippen LogP contribution in [0, 0.1) is 11.3 Å². The fourth-order valence-corrected chi connectivity index (χ4v) is 7.38. The molecule has 41 heavy (non-hydrogen) atoms. The summed E-state index contributed by atoms with van der Waals surface area (Å²) in [5, 5.41) is 12.2. The third kappa shape index (κ3) is 4.26. The van der Waals surface area contributed by atoms with E-state index in [9.17, 15) is 24.3 Å². The lowest BCUT2D eigenvalue weighted by Gasteiger charge is -2.65. The second-order valence-electron chi connectivity index (χ2n) is 11.9. The van der Waals surface area contributed by atoms with Crippen molar-refractivity contribution >= 4 is 23.9 Å². The number of carbonyl (C=O) groups excluding carboxylic acids is 4. The van der Waals surface area contributed by atoms with Crippen LogP contribution in [0.3, 0.4) is 0 Å². The van der Waals surface area contributed by atoms with Crippen LogP contribution in [0.15, 0.2) is 46.0 Å². The summed E-state index contributed by atoms with van der Waals surface area (Å²) >= 11 is 0. The Bertz CT molecular complexity index is 1330. The number of esters is 4. The van der Waals surface area contributed by atoms with Gasteiger partial charge in [0.05, 0.1) is 46.2 Å². The Morgan fingerprint density at radius 2 is 1.37 bits per heavy atom.